The van der Waals surface area contributed by atoms with E-state index in [0.29, 0.717) is 10.8 Å². The minimum absolute atomic E-state index is 0.124. The van der Waals surface area contributed by atoms with Gasteiger partial charge in [0.05, 0.1) is 21.0 Å². The van der Waals surface area contributed by atoms with Crippen LogP contribution in [0.4, 0.5) is 9.52 Å². The summed E-state index contributed by atoms with van der Waals surface area (Å²) in [6.07, 6.45) is 0. The highest BCUT2D eigenvalue weighted by atomic mass is 32.2. The molecule has 1 aromatic carbocycles. The summed E-state index contributed by atoms with van der Waals surface area (Å²) < 4.78 is 40.7. The third kappa shape index (κ3) is 4.14. The molecule has 0 aliphatic heterocycles. The molecule has 2 heterocycles. The number of nitrogens with one attached hydrogen (secondary N) is 1. The Morgan fingerprint density at radius 2 is 1.96 bits per heavy atom. The standard InChI is InChI=1S/C18H18FN3O3S3/c1-3-22(4-2)28(24,25)12-7-8-14(19)13(10-12)17(23)21-18-20-15(11-27-18)16-6-5-9-26-16/h5-11H,3-4H2,1-2H3,(H,20,21,23). The third-order valence-electron chi connectivity index (χ3n) is 4.02. The average Bonchev–Trinajstić information content (AvgIpc) is 3.34. The number of hydrogen-bond acceptors (Lipinski definition) is 6. The summed E-state index contributed by atoms with van der Waals surface area (Å²) in [5.41, 5.74) is 0.370. The molecule has 0 radical (unpaired) electrons. The number of carbonyl (C=O) groups is 1. The first-order valence-corrected chi connectivity index (χ1v) is 11.7. The summed E-state index contributed by atoms with van der Waals surface area (Å²) in [6, 6.07) is 7.02. The lowest BCUT2D eigenvalue weighted by atomic mass is 10.2. The number of aromatic nitrogens is 1. The highest BCUT2D eigenvalue weighted by Gasteiger charge is 2.24. The molecule has 6 nitrogen and oxygen atoms in total. The quantitative estimate of drug-likeness (QED) is 0.595. The number of halogens is 1. The summed E-state index contributed by atoms with van der Waals surface area (Å²) in [4.78, 5) is 17.7. The molecule has 0 spiro atoms. The van der Waals surface area contributed by atoms with Gasteiger partial charge >= 0.3 is 0 Å². The van der Waals surface area contributed by atoms with Crippen LogP contribution < -0.4 is 5.32 Å². The lowest BCUT2D eigenvalue weighted by molar-refractivity contribution is 0.102. The van der Waals surface area contributed by atoms with Crippen LogP contribution >= 0.6 is 22.7 Å². The fraction of sp³-hybridized carbons (Fsp3) is 0.222. The number of thiazole rings is 1. The van der Waals surface area contributed by atoms with Crippen LogP contribution in [-0.2, 0) is 10.0 Å². The second-order valence-electron chi connectivity index (χ2n) is 5.70. The van der Waals surface area contributed by atoms with E-state index in [9.17, 15) is 17.6 Å². The summed E-state index contributed by atoms with van der Waals surface area (Å²) in [7, 11) is -3.80. The largest absolute Gasteiger partial charge is 0.298 e. The number of rotatable bonds is 7. The van der Waals surface area contributed by atoms with Gasteiger partial charge in [0.2, 0.25) is 10.0 Å². The number of amides is 1. The van der Waals surface area contributed by atoms with Gasteiger partial charge in [0.15, 0.2) is 5.13 Å². The van der Waals surface area contributed by atoms with Gasteiger partial charge in [-0.3, -0.25) is 10.1 Å². The Kier molecular flexibility index (Phi) is 6.23. The topological polar surface area (TPSA) is 79.4 Å². The van der Waals surface area contributed by atoms with Gasteiger partial charge in [-0.25, -0.2) is 17.8 Å². The van der Waals surface area contributed by atoms with Crippen molar-refractivity contribution in [2.75, 3.05) is 18.4 Å². The van der Waals surface area contributed by atoms with Crippen LogP contribution in [0.25, 0.3) is 10.6 Å². The van der Waals surface area contributed by atoms with Crippen molar-refractivity contribution in [3.63, 3.8) is 0 Å². The Labute approximate surface area is 170 Å². The molecule has 0 saturated carbocycles. The zero-order valence-electron chi connectivity index (χ0n) is 15.2. The molecule has 1 amide bonds. The summed E-state index contributed by atoms with van der Waals surface area (Å²) in [5, 5.41) is 6.56. The number of anilines is 1. The van der Waals surface area contributed by atoms with E-state index in [1.54, 1.807) is 19.2 Å². The molecule has 0 bridgehead atoms. The SMILES string of the molecule is CCN(CC)S(=O)(=O)c1ccc(F)c(C(=O)Nc2nc(-c3cccs3)cs2)c1. The Hall–Kier alpha value is -2.14. The van der Waals surface area contributed by atoms with Crippen molar-refractivity contribution in [1.82, 2.24) is 9.29 Å². The lowest BCUT2D eigenvalue weighted by Crippen LogP contribution is -2.31. The highest BCUT2D eigenvalue weighted by Crippen LogP contribution is 2.29. The second kappa shape index (κ2) is 8.48. The predicted octanol–water partition coefficient (Wildman–Crippen LogP) is 4.29. The maximum atomic E-state index is 14.2. The summed E-state index contributed by atoms with van der Waals surface area (Å²) in [5.74, 6) is -1.55. The maximum Gasteiger partial charge on any atom is 0.260 e. The normalized spacial score (nSPS) is 11.7. The molecule has 2 aromatic heterocycles. The van der Waals surface area contributed by atoms with Gasteiger partial charge < -0.3 is 0 Å². The van der Waals surface area contributed by atoms with Crippen molar-refractivity contribution in [2.45, 2.75) is 18.7 Å². The molecule has 10 heteroatoms. The zero-order chi connectivity index (χ0) is 20.3. The molecule has 0 saturated heterocycles. The fourth-order valence-corrected chi connectivity index (χ4v) is 5.54. The van der Waals surface area contributed by atoms with E-state index in [4.69, 9.17) is 0 Å². The van der Waals surface area contributed by atoms with E-state index < -0.39 is 21.7 Å². The van der Waals surface area contributed by atoms with E-state index in [2.05, 4.69) is 10.3 Å². The number of thiophene rings is 1. The summed E-state index contributed by atoms with van der Waals surface area (Å²) >= 11 is 2.73. The van der Waals surface area contributed by atoms with Gasteiger partial charge in [-0.2, -0.15) is 4.31 Å². The third-order valence-corrected chi connectivity index (χ3v) is 7.72. The maximum absolute atomic E-state index is 14.2. The van der Waals surface area contributed by atoms with Gasteiger partial charge in [-0.1, -0.05) is 19.9 Å². The van der Waals surface area contributed by atoms with Crippen LogP contribution in [0.2, 0.25) is 0 Å². The Balaban J connectivity index is 1.86. The van der Waals surface area contributed by atoms with E-state index >= 15 is 0 Å². The van der Waals surface area contributed by atoms with Crippen LogP contribution in [0, 0.1) is 5.82 Å². The molecule has 148 valence electrons. The van der Waals surface area contributed by atoms with E-state index in [-0.39, 0.29) is 23.5 Å². The van der Waals surface area contributed by atoms with Crippen molar-refractivity contribution in [3.8, 4) is 10.6 Å². The Bertz CT molecular complexity index is 1070. The Morgan fingerprint density at radius 1 is 1.21 bits per heavy atom. The van der Waals surface area contributed by atoms with Crippen LogP contribution in [0.1, 0.15) is 24.2 Å². The number of hydrogen-bond donors (Lipinski definition) is 1. The van der Waals surface area contributed by atoms with Crippen LogP contribution in [0.15, 0.2) is 46.0 Å². The van der Waals surface area contributed by atoms with Crippen molar-refractivity contribution in [1.29, 1.82) is 0 Å². The van der Waals surface area contributed by atoms with Gasteiger partial charge in [0, 0.05) is 18.5 Å². The molecule has 0 fully saturated rings. The van der Waals surface area contributed by atoms with Gasteiger partial charge in [0.1, 0.15) is 5.82 Å². The monoisotopic (exact) mass is 439 g/mol. The number of benzene rings is 1. The average molecular weight is 440 g/mol. The molecule has 3 aromatic rings. The molecule has 28 heavy (non-hydrogen) atoms. The molecular formula is C18H18FN3O3S3. The first kappa shape index (κ1) is 20.6. The molecule has 3 rings (SSSR count). The van der Waals surface area contributed by atoms with Crippen molar-refractivity contribution in [3.05, 3.63) is 52.5 Å². The van der Waals surface area contributed by atoms with Gasteiger partial charge in [0.25, 0.3) is 5.91 Å². The molecule has 1 N–H and O–H groups in total. The number of nitrogens with zero attached hydrogens (tertiary/aromatic N) is 2. The van der Waals surface area contributed by atoms with Crippen molar-refractivity contribution in [2.24, 2.45) is 0 Å². The first-order valence-electron chi connectivity index (χ1n) is 8.47. The highest BCUT2D eigenvalue weighted by molar-refractivity contribution is 7.89. The second-order valence-corrected chi connectivity index (χ2v) is 9.44. The van der Waals surface area contributed by atoms with Gasteiger partial charge in [-0.15, -0.1) is 22.7 Å². The molecule has 0 aliphatic carbocycles. The molecule has 0 unspecified atom stereocenters. The van der Waals surface area contributed by atoms with Crippen LogP contribution in [0.3, 0.4) is 0 Å². The number of sulfonamides is 1. The predicted molar refractivity (Wildman–Crippen MR) is 110 cm³/mol. The molecule has 0 atom stereocenters. The fourth-order valence-electron chi connectivity index (χ4n) is 2.58. The van der Waals surface area contributed by atoms with E-state index in [0.717, 1.165) is 23.1 Å². The van der Waals surface area contributed by atoms with E-state index in [1.165, 1.54) is 27.0 Å². The first-order chi connectivity index (χ1) is 13.4. The summed E-state index contributed by atoms with van der Waals surface area (Å²) in [6.45, 7) is 3.99. The van der Waals surface area contributed by atoms with Gasteiger partial charge in [-0.05, 0) is 29.6 Å². The molecular weight excluding hydrogens is 421 g/mol. The minimum atomic E-state index is -3.80. The van der Waals surface area contributed by atoms with Crippen LogP contribution in [0.5, 0.6) is 0 Å². The van der Waals surface area contributed by atoms with Crippen molar-refractivity contribution >= 4 is 43.7 Å². The van der Waals surface area contributed by atoms with Crippen LogP contribution in [-0.4, -0.2) is 36.7 Å². The Morgan fingerprint density at radius 3 is 2.61 bits per heavy atom. The minimum Gasteiger partial charge on any atom is -0.298 e. The number of carbonyl (C=O) groups excluding carboxylic acids is 1. The van der Waals surface area contributed by atoms with E-state index in [1.807, 2.05) is 17.5 Å². The molecule has 0 aliphatic rings. The lowest BCUT2D eigenvalue weighted by Gasteiger charge is -2.18. The smallest absolute Gasteiger partial charge is 0.260 e. The zero-order valence-corrected chi connectivity index (χ0v) is 17.6. The van der Waals surface area contributed by atoms with Crippen molar-refractivity contribution < 1.29 is 17.6 Å².